The first kappa shape index (κ1) is 21.2. The number of rotatable bonds is 7. The molecule has 0 aromatic heterocycles. The van der Waals surface area contributed by atoms with E-state index in [4.69, 9.17) is 0 Å². The first-order valence-corrected chi connectivity index (χ1v) is 10.8. The number of likely N-dealkylation sites (N-methyl/N-ethyl adjacent to an activating group) is 1. The van der Waals surface area contributed by atoms with E-state index in [1.54, 1.807) is 83.5 Å². The van der Waals surface area contributed by atoms with Crippen LogP contribution in [0.15, 0.2) is 60.8 Å². The quantitative estimate of drug-likeness (QED) is 0.466. The molecule has 0 aliphatic carbocycles. The smallest absolute Gasteiger partial charge is 0.273 e. The summed E-state index contributed by atoms with van der Waals surface area (Å²) in [4.78, 5) is 49.7. The van der Waals surface area contributed by atoms with E-state index in [0.29, 0.717) is 28.8 Å². The molecule has 2 aliphatic heterocycles. The molecule has 10 heteroatoms. The lowest BCUT2D eigenvalue weighted by Gasteiger charge is -2.20. The van der Waals surface area contributed by atoms with E-state index in [1.165, 1.54) is 0 Å². The number of carbonyl (C=O) groups is 4. The van der Waals surface area contributed by atoms with Crippen LogP contribution in [0.25, 0.3) is 0 Å². The summed E-state index contributed by atoms with van der Waals surface area (Å²) in [5.41, 5.74) is 1.60. The average molecular weight is 455 g/mol. The van der Waals surface area contributed by atoms with Gasteiger partial charge in [-0.15, -0.1) is 0 Å². The fourth-order valence-corrected chi connectivity index (χ4v) is 4.67. The molecule has 0 atom stereocenters. The zero-order chi connectivity index (χ0) is 22.1. The Bertz CT molecular complexity index is 1050. The Morgan fingerprint density at radius 3 is 1.52 bits per heavy atom. The summed E-state index contributed by atoms with van der Waals surface area (Å²) in [7, 11) is 3.48. The molecule has 4 rings (SSSR count). The highest BCUT2D eigenvalue weighted by Gasteiger charge is 2.37. The van der Waals surface area contributed by atoms with Crippen molar-refractivity contribution in [1.82, 2.24) is 17.2 Å². The van der Waals surface area contributed by atoms with Crippen LogP contribution in [0, 0.1) is 0 Å². The maximum Gasteiger partial charge on any atom is 0.273 e. The van der Waals surface area contributed by atoms with Crippen LogP contribution in [0.4, 0.5) is 0 Å². The van der Waals surface area contributed by atoms with Crippen LogP contribution in [0.5, 0.6) is 0 Å². The summed E-state index contributed by atoms with van der Waals surface area (Å²) < 4.78 is 5.63. The first-order chi connectivity index (χ1) is 14.9. The second-order valence-corrected chi connectivity index (χ2v) is 9.06. The molecule has 158 valence electrons. The lowest BCUT2D eigenvalue weighted by Crippen LogP contribution is -2.28. The molecule has 4 amide bonds. The number of fused-ring (bicyclic) bond motifs is 2. The Morgan fingerprint density at radius 2 is 1.10 bits per heavy atom. The number of benzene rings is 2. The minimum Gasteiger partial charge on any atom is -0.309 e. The molecule has 0 spiro atoms. The van der Waals surface area contributed by atoms with Gasteiger partial charge in [-0.1, -0.05) is 30.3 Å². The largest absolute Gasteiger partial charge is 0.309 e. The van der Waals surface area contributed by atoms with Crippen LogP contribution in [-0.2, 0) is 0 Å². The second-order valence-electron chi connectivity index (χ2n) is 6.81. The van der Waals surface area contributed by atoms with E-state index < -0.39 is 0 Å². The molecular formula is C21H18N4O4S2. The van der Waals surface area contributed by atoms with Gasteiger partial charge in [-0.05, 0) is 31.3 Å². The molecule has 0 fully saturated rings. The van der Waals surface area contributed by atoms with E-state index >= 15 is 0 Å². The van der Waals surface area contributed by atoms with Crippen LogP contribution in [0.1, 0.15) is 41.4 Å². The summed E-state index contributed by atoms with van der Waals surface area (Å²) in [5.74, 6) is -1.35. The molecule has 0 saturated carbocycles. The van der Waals surface area contributed by atoms with Gasteiger partial charge in [0.15, 0.2) is 0 Å². The summed E-state index contributed by atoms with van der Waals surface area (Å²) in [5, 5.41) is 0. The van der Waals surface area contributed by atoms with Gasteiger partial charge >= 0.3 is 0 Å². The number of amides is 4. The molecule has 0 N–H and O–H groups in total. The highest BCUT2D eigenvalue weighted by Crippen LogP contribution is 2.31. The first-order valence-electron chi connectivity index (χ1n) is 9.31. The fourth-order valence-electron chi connectivity index (χ4n) is 3.16. The number of nitrogens with zero attached hydrogens (tertiary/aromatic N) is 4. The molecule has 2 heterocycles. The fraction of sp³-hybridized carbons (Fsp3) is 0.143. The highest BCUT2D eigenvalue weighted by molar-refractivity contribution is 7.96. The van der Waals surface area contributed by atoms with Gasteiger partial charge in [0.1, 0.15) is 0 Å². The third-order valence-electron chi connectivity index (χ3n) is 4.62. The van der Waals surface area contributed by atoms with Crippen molar-refractivity contribution in [1.29, 1.82) is 0 Å². The van der Waals surface area contributed by atoms with Crippen LogP contribution in [0.2, 0.25) is 0 Å². The summed E-state index contributed by atoms with van der Waals surface area (Å²) in [6.07, 6.45) is 3.52. The zero-order valence-electron chi connectivity index (χ0n) is 16.7. The monoisotopic (exact) mass is 454 g/mol. The summed E-state index contributed by atoms with van der Waals surface area (Å²) in [6, 6.07) is 13.5. The van der Waals surface area contributed by atoms with Gasteiger partial charge in [0.05, 0.1) is 46.5 Å². The lowest BCUT2D eigenvalue weighted by molar-refractivity contribution is 0.0757. The van der Waals surface area contributed by atoms with Gasteiger partial charge in [0.25, 0.3) is 23.6 Å². The van der Waals surface area contributed by atoms with Gasteiger partial charge in [-0.2, -0.15) is 4.31 Å². The Morgan fingerprint density at radius 1 is 0.710 bits per heavy atom. The van der Waals surface area contributed by atoms with Crippen LogP contribution >= 0.6 is 24.3 Å². The Kier molecular flexibility index (Phi) is 5.86. The van der Waals surface area contributed by atoms with Gasteiger partial charge in [0, 0.05) is 19.8 Å². The number of carbonyl (C=O) groups excluding carboxylic acids is 4. The summed E-state index contributed by atoms with van der Waals surface area (Å²) >= 11 is 2.02. The van der Waals surface area contributed by atoms with Gasteiger partial charge in [-0.25, -0.2) is 8.61 Å². The Balaban J connectivity index is 1.30. The molecule has 0 saturated heterocycles. The Labute approximate surface area is 188 Å². The maximum absolute atomic E-state index is 12.4. The van der Waals surface area contributed by atoms with E-state index in [2.05, 4.69) is 0 Å². The van der Waals surface area contributed by atoms with Crippen molar-refractivity contribution in [3.8, 4) is 0 Å². The SMILES string of the molecule is CN(C=CCN(C)SN1C(=O)c2ccccc2C1=O)SN1C(=O)c2ccccc2C1=O. The van der Waals surface area contributed by atoms with Crippen molar-refractivity contribution in [2.75, 3.05) is 20.6 Å². The van der Waals surface area contributed by atoms with Crippen molar-refractivity contribution in [2.45, 2.75) is 0 Å². The van der Waals surface area contributed by atoms with Crippen molar-refractivity contribution in [2.24, 2.45) is 0 Å². The lowest BCUT2D eigenvalue weighted by atomic mass is 10.1. The maximum atomic E-state index is 12.4. The Hall–Kier alpha value is -3.08. The summed E-state index contributed by atoms with van der Waals surface area (Å²) in [6.45, 7) is 0.422. The molecular weight excluding hydrogens is 436 g/mol. The number of hydrogen-bond donors (Lipinski definition) is 0. The molecule has 0 unspecified atom stereocenters. The van der Waals surface area contributed by atoms with Gasteiger partial charge in [-0.3, -0.25) is 19.2 Å². The standard InChI is InChI=1S/C21H18N4O4S2/c1-22(30-24-18(26)14-8-3-4-9-15(14)19(24)27)12-7-13-23(2)31-25-20(28)16-10-5-6-11-17(16)21(25)29/h3-12H,13H2,1-2H3. The molecule has 2 aromatic rings. The zero-order valence-corrected chi connectivity index (χ0v) is 18.4. The minimum absolute atomic E-state index is 0.334. The van der Waals surface area contributed by atoms with Crippen LogP contribution < -0.4 is 0 Å². The number of hydrogen-bond acceptors (Lipinski definition) is 8. The van der Waals surface area contributed by atoms with Crippen LogP contribution in [-0.4, -0.2) is 61.5 Å². The predicted molar refractivity (Wildman–Crippen MR) is 119 cm³/mol. The molecule has 8 nitrogen and oxygen atoms in total. The third kappa shape index (κ3) is 3.97. The molecule has 2 aromatic carbocycles. The van der Waals surface area contributed by atoms with Gasteiger partial charge in [0.2, 0.25) is 0 Å². The average Bonchev–Trinajstić information content (AvgIpc) is 3.15. The number of imide groups is 2. The third-order valence-corrected chi connectivity index (χ3v) is 6.42. The molecule has 31 heavy (non-hydrogen) atoms. The minimum atomic E-state index is -0.343. The highest BCUT2D eigenvalue weighted by atomic mass is 32.2. The topological polar surface area (TPSA) is 81.2 Å². The van der Waals surface area contributed by atoms with Crippen molar-refractivity contribution in [3.63, 3.8) is 0 Å². The second kappa shape index (κ2) is 8.58. The van der Waals surface area contributed by atoms with Crippen molar-refractivity contribution < 1.29 is 19.2 Å². The van der Waals surface area contributed by atoms with E-state index in [1.807, 2.05) is 0 Å². The molecule has 0 radical (unpaired) electrons. The van der Waals surface area contributed by atoms with Crippen molar-refractivity contribution >= 4 is 47.9 Å². The van der Waals surface area contributed by atoms with E-state index in [9.17, 15) is 19.2 Å². The van der Waals surface area contributed by atoms with Crippen molar-refractivity contribution in [3.05, 3.63) is 83.1 Å². The van der Waals surface area contributed by atoms with E-state index in [-0.39, 0.29) is 23.6 Å². The van der Waals surface area contributed by atoms with Crippen LogP contribution in [0.3, 0.4) is 0 Å². The molecule has 0 bridgehead atoms. The van der Waals surface area contributed by atoms with E-state index in [0.717, 1.165) is 32.9 Å². The van der Waals surface area contributed by atoms with Gasteiger partial charge < -0.3 is 4.31 Å². The predicted octanol–water partition coefficient (Wildman–Crippen LogP) is 3.08. The normalized spacial score (nSPS) is 15.5. The molecule has 2 aliphatic rings.